The Labute approximate surface area is 216 Å². The van der Waals surface area contributed by atoms with Gasteiger partial charge in [-0.1, -0.05) is 11.3 Å². The molecule has 3 rings (SSSR count). The van der Waals surface area contributed by atoms with Gasteiger partial charge >= 0.3 is 0 Å². The normalized spacial score (nSPS) is 11.0. The number of rotatable bonds is 13. The van der Waals surface area contributed by atoms with E-state index in [1.165, 1.54) is 11.3 Å². The molecule has 1 amide bonds. The molecule has 2 aromatic carbocycles. The smallest absolute Gasteiger partial charge is 0.260 e. The molecule has 0 radical (unpaired) electrons. The summed E-state index contributed by atoms with van der Waals surface area (Å²) in [4.78, 5) is 22.4. The van der Waals surface area contributed by atoms with Crippen LogP contribution in [0.5, 0.6) is 28.7 Å². The molecule has 196 valence electrons. The SMILES string of the molecule is CCOc1cc(C(=O)N(CCN(C)C)c2nc3cc(OC)c(OC)cc3s2)cc(OCC)c1OCC. The summed E-state index contributed by atoms with van der Waals surface area (Å²) in [7, 11) is 7.11. The molecule has 0 spiro atoms. The van der Waals surface area contributed by atoms with Crippen LogP contribution in [-0.2, 0) is 0 Å². The van der Waals surface area contributed by atoms with Crippen LogP contribution in [0.15, 0.2) is 24.3 Å². The molecule has 0 aliphatic carbocycles. The van der Waals surface area contributed by atoms with Gasteiger partial charge in [-0.05, 0) is 47.0 Å². The van der Waals surface area contributed by atoms with Gasteiger partial charge in [0, 0.05) is 30.8 Å². The Kier molecular flexibility index (Phi) is 9.60. The Morgan fingerprint density at radius 1 is 0.833 bits per heavy atom. The molecule has 1 aromatic heterocycles. The van der Waals surface area contributed by atoms with Crippen LogP contribution in [0.1, 0.15) is 31.1 Å². The molecule has 0 fully saturated rings. The quantitative estimate of drug-likeness (QED) is 0.322. The first kappa shape index (κ1) is 27.3. The Hall–Kier alpha value is -3.24. The highest BCUT2D eigenvalue weighted by Gasteiger charge is 2.25. The van der Waals surface area contributed by atoms with E-state index in [4.69, 9.17) is 28.7 Å². The molecule has 0 atom stereocenters. The topological polar surface area (TPSA) is 82.6 Å². The lowest BCUT2D eigenvalue weighted by atomic mass is 10.1. The number of thiazole rings is 1. The Morgan fingerprint density at radius 3 is 1.94 bits per heavy atom. The van der Waals surface area contributed by atoms with Crippen LogP contribution in [0, 0.1) is 0 Å². The van der Waals surface area contributed by atoms with Gasteiger partial charge in [-0.3, -0.25) is 9.69 Å². The molecule has 0 saturated heterocycles. The molecule has 1 heterocycles. The summed E-state index contributed by atoms with van der Waals surface area (Å²) >= 11 is 1.42. The molecular formula is C26H35N3O6S. The summed E-state index contributed by atoms with van der Waals surface area (Å²) in [6.45, 7) is 8.06. The van der Waals surface area contributed by atoms with Crippen molar-refractivity contribution in [1.29, 1.82) is 0 Å². The predicted octanol–water partition coefficient (Wildman–Crippen LogP) is 4.72. The molecular weight excluding hydrogens is 482 g/mol. The molecule has 0 unspecified atom stereocenters. The zero-order chi connectivity index (χ0) is 26.2. The lowest BCUT2D eigenvalue weighted by molar-refractivity contribution is 0.0984. The van der Waals surface area contributed by atoms with Crippen LogP contribution in [-0.4, -0.2) is 77.0 Å². The van der Waals surface area contributed by atoms with E-state index >= 15 is 0 Å². The van der Waals surface area contributed by atoms with Crippen LogP contribution >= 0.6 is 11.3 Å². The Morgan fingerprint density at radius 2 is 1.42 bits per heavy atom. The number of hydrogen-bond donors (Lipinski definition) is 0. The van der Waals surface area contributed by atoms with Crippen LogP contribution in [0.25, 0.3) is 10.2 Å². The summed E-state index contributed by atoms with van der Waals surface area (Å²) in [6.07, 6.45) is 0. The third-order valence-electron chi connectivity index (χ3n) is 5.29. The fraction of sp³-hybridized carbons (Fsp3) is 0.462. The molecule has 0 saturated carbocycles. The second-order valence-electron chi connectivity index (χ2n) is 8.03. The summed E-state index contributed by atoms with van der Waals surface area (Å²) < 4.78 is 29.2. The maximum absolute atomic E-state index is 13.9. The number of anilines is 1. The van der Waals surface area contributed by atoms with Crippen molar-refractivity contribution in [3.05, 3.63) is 29.8 Å². The first-order valence-corrected chi connectivity index (χ1v) is 12.7. The highest BCUT2D eigenvalue weighted by atomic mass is 32.1. The monoisotopic (exact) mass is 517 g/mol. The van der Waals surface area contributed by atoms with Crippen molar-refractivity contribution < 1.29 is 28.5 Å². The third kappa shape index (κ3) is 6.11. The lowest BCUT2D eigenvalue weighted by Crippen LogP contribution is -2.36. The number of amides is 1. The average Bonchev–Trinajstić information content (AvgIpc) is 3.27. The van der Waals surface area contributed by atoms with E-state index in [1.54, 1.807) is 31.3 Å². The number of likely N-dealkylation sites (N-methyl/N-ethyl adjacent to an activating group) is 1. The van der Waals surface area contributed by atoms with E-state index in [9.17, 15) is 4.79 Å². The van der Waals surface area contributed by atoms with Crippen LogP contribution < -0.4 is 28.6 Å². The van der Waals surface area contributed by atoms with Gasteiger partial charge in [0.2, 0.25) is 5.75 Å². The van der Waals surface area contributed by atoms with Gasteiger partial charge < -0.3 is 28.6 Å². The zero-order valence-electron chi connectivity index (χ0n) is 22.0. The minimum atomic E-state index is -0.209. The fourth-order valence-corrected chi connectivity index (χ4v) is 4.61. The molecule has 0 aliphatic rings. The third-order valence-corrected chi connectivity index (χ3v) is 6.33. The second kappa shape index (κ2) is 12.6. The highest BCUT2D eigenvalue weighted by molar-refractivity contribution is 7.22. The van der Waals surface area contributed by atoms with E-state index < -0.39 is 0 Å². The summed E-state index contributed by atoms with van der Waals surface area (Å²) in [6, 6.07) is 7.12. The van der Waals surface area contributed by atoms with Gasteiger partial charge in [0.25, 0.3) is 5.91 Å². The first-order chi connectivity index (χ1) is 17.4. The Bertz CT molecular complexity index is 1110. The predicted molar refractivity (Wildman–Crippen MR) is 143 cm³/mol. The van der Waals surface area contributed by atoms with Gasteiger partial charge in [-0.2, -0.15) is 0 Å². The fourth-order valence-electron chi connectivity index (χ4n) is 3.61. The minimum Gasteiger partial charge on any atom is -0.493 e. The van der Waals surface area contributed by atoms with Crippen LogP contribution in [0.3, 0.4) is 0 Å². The minimum absolute atomic E-state index is 0.209. The molecule has 3 aromatic rings. The molecule has 0 bridgehead atoms. The maximum Gasteiger partial charge on any atom is 0.260 e. The summed E-state index contributed by atoms with van der Waals surface area (Å²) in [5.41, 5.74) is 1.16. The maximum atomic E-state index is 13.9. The van der Waals surface area contributed by atoms with E-state index in [0.717, 1.165) is 10.2 Å². The van der Waals surface area contributed by atoms with Crippen molar-refractivity contribution in [3.8, 4) is 28.7 Å². The number of fused-ring (bicyclic) bond motifs is 1. The molecule has 10 heteroatoms. The van der Waals surface area contributed by atoms with Crippen LogP contribution in [0.2, 0.25) is 0 Å². The number of aromatic nitrogens is 1. The number of ether oxygens (including phenoxy) is 5. The summed E-state index contributed by atoms with van der Waals surface area (Å²) in [5, 5.41) is 0.581. The van der Waals surface area contributed by atoms with E-state index in [1.807, 2.05) is 51.9 Å². The van der Waals surface area contributed by atoms with Gasteiger partial charge in [0.1, 0.15) is 0 Å². The number of carbonyl (C=O) groups is 1. The second-order valence-corrected chi connectivity index (χ2v) is 9.04. The van der Waals surface area contributed by atoms with Gasteiger partial charge in [0.05, 0.1) is 44.3 Å². The van der Waals surface area contributed by atoms with Crippen molar-refractivity contribution in [2.24, 2.45) is 0 Å². The average molecular weight is 518 g/mol. The number of methoxy groups -OCH3 is 2. The van der Waals surface area contributed by atoms with Crippen molar-refractivity contribution in [2.45, 2.75) is 20.8 Å². The molecule has 36 heavy (non-hydrogen) atoms. The number of carbonyl (C=O) groups excluding carboxylic acids is 1. The zero-order valence-corrected chi connectivity index (χ0v) is 22.9. The number of hydrogen-bond acceptors (Lipinski definition) is 9. The highest BCUT2D eigenvalue weighted by Crippen LogP contribution is 2.41. The summed E-state index contributed by atoms with van der Waals surface area (Å²) in [5.74, 6) is 2.43. The van der Waals surface area contributed by atoms with Gasteiger partial charge in [0.15, 0.2) is 28.1 Å². The lowest BCUT2D eigenvalue weighted by Gasteiger charge is -2.23. The number of nitrogens with zero attached hydrogens (tertiary/aromatic N) is 3. The van der Waals surface area contributed by atoms with Crippen molar-refractivity contribution in [3.63, 3.8) is 0 Å². The first-order valence-electron chi connectivity index (χ1n) is 11.9. The van der Waals surface area contributed by atoms with Crippen molar-refractivity contribution in [1.82, 2.24) is 9.88 Å². The van der Waals surface area contributed by atoms with Gasteiger partial charge in [-0.25, -0.2) is 4.98 Å². The van der Waals surface area contributed by atoms with Crippen molar-refractivity contribution in [2.75, 3.05) is 66.1 Å². The van der Waals surface area contributed by atoms with E-state index in [-0.39, 0.29) is 5.91 Å². The van der Waals surface area contributed by atoms with Gasteiger partial charge in [-0.15, -0.1) is 0 Å². The number of benzene rings is 2. The molecule has 9 nitrogen and oxygen atoms in total. The van der Waals surface area contributed by atoms with E-state index in [0.29, 0.717) is 72.4 Å². The van der Waals surface area contributed by atoms with Crippen LogP contribution in [0.4, 0.5) is 5.13 Å². The molecule has 0 aliphatic heterocycles. The molecule has 0 N–H and O–H groups in total. The Balaban J connectivity index is 2.10. The largest absolute Gasteiger partial charge is 0.493 e. The standard InChI is InChI=1S/C26H35N3O6S/c1-8-33-21-13-17(14-22(34-9-2)24(21)35-10-3)25(30)29(12-11-28(4)5)26-27-18-15-19(31-6)20(32-7)16-23(18)36-26/h13-16H,8-12H2,1-7H3. The van der Waals surface area contributed by atoms with E-state index in [2.05, 4.69) is 0 Å². The van der Waals surface area contributed by atoms with Crippen molar-refractivity contribution >= 4 is 32.6 Å².